The topological polar surface area (TPSA) is 153 Å². The van der Waals surface area contributed by atoms with Crippen LogP contribution in [0.5, 0.6) is 0 Å². The molecule has 0 spiro atoms. The Hall–Kier alpha value is -4.12. The summed E-state index contributed by atoms with van der Waals surface area (Å²) in [5.41, 5.74) is 1.12. The number of ether oxygens (including phenoxy) is 1. The number of benzene rings is 1. The molecule has 1 atom stereocenters. The minimum absolute atomic E-state index is 0.00493. The third-order valence-corrected chi connectivity index (χ3v) is 6.07. The first-order valence-electron chi connectivity index (χ1n) is 11.4. The van der Waals surface area contributed by atoms with E-state index in [0.717, 1.165) is 17.5 Å². The van der Waals surface area contributed by atoms with Gasteiger partial charge in [-0.1, -0.05) is 23.7 Å². The highest BCUT2D eigenvalue weighted by molar-refractivity contribution is 6.30. The second-order valence-corrected chi connectivity index (χ2v) is 8.57. The van der Waals surface area contributed by atoms with Gasteiger partial charge in [-0.05, 0) is 50.5 Å². The van der Waals surface area contributed by atoms with E-state index in [4.69, 9.17) is 22.2 Å². The van der Waals surface area contributed by atoms with Crippen LogP contribution in [0.3, 0.4) is 0 Å². The number of carboxylic acid groups (broad SMARTS) is 1. The van der Waals surface area contributed by atoms with Crippen molar-refractivity contribution in [3.63, 3.8) is 0 Å². The quantitative estimate of drug-likeness (QED) is 0.331. The van der Waals surface area contributed by atoms with Gasteiger partial charge in [0, 0.05) is 23.9 Å². The summed E-state index contributed by atoms with van der Waals surface area (Å²) in [6, 6.07) is 9.03. The zero-order valence-corrected chi connectivity index (χ0v) is 20.2. The fraction of sp³-hybridized carbons (Fsp3) is 0.292. The van der Waals surface area contributed by atoms with E-state index >= 15 is 0 Å². The molecule has 12 heteroatoms. The average Bonchev–Trinajstić information content (AvgIpc) is 3.22. The van der Waals surface area contributed by atoms with Crippen LogP contribution in [0.15, 0.2) is 42.6 Å². The number of nitrogens with two attached hydrogens (primary N) is 1. The van der Waals surface area contributed by atoms with Crippen molar-refractivity contribution in [3.8, 4) is 11.3 Å². The maximum absolute atomic E-state index is 12.8. The molecule has 1 saturated heterocycles. The van der Waals surface area contributed by atoms with Crippen molar-refractivity contribution in [3.05, 3.63) is 64.7 Å². The molecule has 4 rings (SSSR count). The van der Waals surface area contributed by atoms with Gasteiger partial charge in [-0.3, -0.25) is 9.69 Å². The Morgan fingerprint density at radius 3 is 2.58 bits per heavy atom. The molecule has 1 unspecified atom stereocenters. The number of carbonyl (C=O) groups excluding carboxylic acids is 2. The molecule has 1 aromatic carbocycles. The normalized spacial score (nSPS) is 15.4. The van der Waals surface area contributed by atoms with E-state index in [1.165, 1.54) is 11.1 Å². The van der Waals surface area contributed by atoms with Crippen LogP contribution in [0.4, 0.5) is 10.6 Å². The van der Waals surface area contributed by atoms with Crippen LogP contribution < -0.4 is 11.2 Å². The van der Waals surface area contributed by atoms with Gasteiger partial charge in [0.15, 0.2) is 11.5 Å². The smallest absolute Gasteiger partial charge is 0.407 e. The molecular weight excluding hydrogens is 488 g/mol. The molecule has 36 heavy (non-hydrogen) atoms. The molecule has 0 aliphatic carbocycles. The van der Waals surface area contributed by atoms with E-state index in [9.17, 15) is 19.5 Å². The van der Waals surface area contributed by atoms with Crippen molar-refractivity contribution >= 4 is 35.4 Å². The fourth-order valence-electron chi connectivity index (χ4n) is 4.13. The van der Waals surface area contributed by atoms with Gasteiger partial charge in [0.25, 0.3) is 5.91 Å². The van der Waals surface area contributed by atoms with Crippen molar-refractivity contribution in [2.75, 3.05) is 24.3 Å². The van der Waals surface area contributed by atoms with Crippen molar-refractivity contribution in [2.24, 2.45) is 0 Å². The predicted molar refractivity (Wildman–Crippen MR) is 132 cm³/mol. The number of nitrogens with zero attached hydrogens (tertiary/aromatic N) is 4. The van der Waals surface area contributed by atoms with Gasteiger partial charge >= 0.3 is 12.1 Å². The summed E-state index contributed by atoms with van der Waals surface area (Å²) in [5, 5.41) is 12.8. The van der Waals surface area contributed by atoms with Gasteiger partial charge < -0.3 is 21.0 Å². The highest BCUT2D eigenvalue weighted by Gasteiger charge is 2.34. The highest BCUT2D eigenvalue weighted by atomic mass is 35.5. The van der Waals surface area contributed by atoms with E-state index in [-0.39, 0.29) is 29.7 Å². The van der Waals surface area contributed by atoms with Crippen LogP contribution in [0.1, 0.15) is 58.9 Å². The van der Waals surface area contributed by atoms with E-state index in [1.807, 2.05) is 0 Å². The number of amides is 2. The first-order valence-corrected chi connectivity index (χ1v) is 11.8. The molecule has 4 N–H and O–H groups in total. The molecule has 1 aliphatic rings. The summed E-state index contributed by atoms with van der Waals surface area (Å²) >= 11 is 5.83. The lowest BCUT2D eigenvalue weighted by molar-refractivity contribution is 0.0516. The number of nitrogen functional groups attached to an aromatic ring is 1. The van der Waals surface area contributed by atoms with Gasteiger partial charge in [0.2, 0.25) is 0 Å². The number of halogens is 1. The number of nitrogens with one attached hydrogen (secondary N) is 1. The molecule has 0 bridgehead atoms. The lowest BCUT2D eigenvalue weighted by atomic mass is 10.0. The number of carbonyl (C=O) groups is 3. The molecule has 1 fully saturated rings. The molecule has 3 aromatic rings. The van der Waals surface area contributed by atoms with E-state index in [2.05, 4.69) is 15.3 Å². The van der Waals surface area contributed by atoms with Gasteiger partial charge in [-0.25, -0.2) is 24.2 Å². The van der Waals surface area contributed by atoms with Gasteiger partial charge in [0.1, 0.15) is 11.5 Å². The summed E-state index contributed by atoms with van der Waals surface area (Å²) < 4.78 is 6.31. The zero-order valence-electron chi connectivity index (χ0n) is 19.5. The largest absolute Gasteiger partial charge is 0.465 e. The van der Waals surface area contributed by atoms with E-state index < -0.39 is 18.1 Å². The standard InChI is InChI=1S/C24H25ClN6O5/c1-2-36-23(33)20-19(29-21(31(20)26)17-5-3-4-12-30(17)24(34)35)14-6-8-15(9-7-14)22(32)28-18-11-10-16(25)13-27-18/h6-11,13,17H,2-5,12,26H2,1H3,(H,34,35)(H,27,28,32). The number of hydrogen-bond acceptors (Lipinski definition) is 7. The summed E-state index contributed by atoms with van der Waals surface area (Å²) in [6.45, 7) is 2.15. The molecule has 0 saturated carbocycles. The number of anilines is 1. The lowest BCUT2D eigenvalue weighted by Gasteiger charge is -2.32. The summed E-state index contributed by atoms with van der Waals surface area (Å²) in [7, 11) is 0. The second-order valence-electron chi connectivity index (χ2n) is 8.14. The first-order chi connectivity index (χ1) is 17.3. The zero-order chi connectivity index (χ0) is 25.8. The molecule has 2 aromatic heterocycles. The van der Waals surface area contributed by atoms with Gasteiger partial charge in [-0.2, -0.15) is 0 Å². The molecule has 3 heterocycles. The van der Waals surface area contributed by atoms with E-state index in [1.54, 1.807) is 43.3 Å². The number of aromatic nitrogens is 3. The molecule has 1 aliphatic heterocycles. The number of piperidine rings is 1. The summed E-state index contributed by atoms with van der Waals surface area (Å²) in [4.78, 5) is 47.1. The van der Waals surface area contributed by atoms with Crippen LogP contribution in [-0.4, -0.2) is 55.8 Å². The third kappa shape index (κ3) is 5.10. The van der Waals surface area contributed by atoms with E-state index in [0.29, 0.717) is 34.9 Å². The summed E-state index contributed by atoms with van der Waals surface area (Å²) in [5.74, 6) is 5.83. The predicted octanol–water partition coefficient (Wildman–Crippen LogP) is 3.95. The maximum Gasteiger partial charge on any atom is 0.407 e. The Bertz CT molecular complexity index is 1280. The minimum Gasteiger partial charge on any atom is -0.465 e. The Morgan fingerprint density at radius 1 is 1.19 bits per heavy atom. The van der Waals surface area contributed by atoms with Crippen molar-refractivity contribution in [1.82, 2.24) is 19.5 Å². The van der Waals surface area contributed by atoms with Crippen molar-refractivity contribution < 1.29 is 24.2 Å². The Balaban J connectivity index is 1.67. The molecule has 0 radical (unpaired) electrons. The molecule has 11 nitrogen and oxygen atoms in total. The number of hydrogen-bond donors (Lipinski definition) is 3. The van der Waals surface area contributed by atoms with Crippen LogP contribution in [0.25, 0.3) is 11.3 Å². The number of rotatable bonds is 6. The Morgan fingerprint density at radius 2 is 1.94 bits per heavy atom. The number of imidazole rings is 1. The third-order valence-electron chi connectivity index (χ3n) is 5.84. The molecule has 188 valence electrons. The number of esters is 1. The second kappa shape index (κ2) is 10.6. The van der Waals surface area contributed by atoms with Crippen molar-refractivity contribution in [1.29, 1.82) is 0 Å². The Labute approximate surface area is 211 Å². The lowest BCUT2D eigenvalue weighted by Crippen LogP contribution is -2.39. The van der Waals surface area contributed by atoms with Crippen molar-refractivity contribution in [2.45, 2.75) is 32.2 Å². The van der Waals surface area contributed by atoms with Crippen LogP contribution in [0.2, 0.25) is 5.02 Å². The maximum atomic E-state index is 12.8. The Kier molecular flexibility index (Phi) is 7.39. The fourth-order valence-corrected chi connectivity index (χ4v) is 4.24. The molecular formula is C24H25ClN6O5. The van der Waals surface area contributed by atoms with Crippen LogP contribution in [0, 0.1) is 0 Å². The summed E-state index contributed by atoms with van der Waals surface area (Å²) in [6.07, 6.45) is 2.42. The number of likely N-dealkylation sites (tertiary alicyclic amines) is 1. The van der Waals surface area contributed by atoms with Gasteiger partial charge in [0.05, 0.1) is 17.7 Å². The van der Waals surface area contributed by atoms with Crippen LogP contribution in [-0.2, 0) is 4.74 Å². The monoisotopic (exact) mass is 512 g/mol. The average molecular weight is 513 g/mol. The molecule has 2 amide bonds. The minimum atomic E-state index is -1.08. The van der Waals surface area contributed by atoms with Gasteiger partial charge in [-0.15, -0.1) is 0 Å². The SMILES string of the molecule is CCOC(=O)c1c(-c2ccc(C(=O)Nc3ccc(Cl)cn3)cc2)nc(C2CCCCN2C(=O)O)n1N. The number of pyridine rings is 1. The first kappa shape index (κ1) is 25.0. The van der Waals surface area contributed by atoms with Crippen LogP contribution >= 0.6 is 11.6 Å². The highest BCUT2D eigenvalue weighted by Crippen LogP contribution is 2.34.